The number of benzene rings is 1. The van der Waals surface area contributed by atoms with E-state index in [1.54, 1.807) is 17.0 Å². The summed E-state index contributed by atoms with van der Waals surface area (Å²) in [6, 6.07) is 5.47. The summed E-state index contributed by atoms with van der Waals surface area (Å²) in [5, 5.41) is 0.549. The molecule has 7 heteroatoms. The lowest BCUT2D eigenvalue weighted by Gasteiger charge is -2.16. The molecular formula is C15H17BrN4O2. The van der Waals surface area contributed by atoms with Crippen molar-refractivity contribution in [1.29, 1.82) is 0 Å². The van der Waals surface area contributed by atoms with Gasteiger partial charge in [-0.05, 0) is 24.6 Å². The molecule has 3 rings (SSSR count). The number of aromatic nitrogens is 2. The minimum Gasteiger partial charge on any atom is -0.341 e. The lowest BCUT2D eigenvalue weighted by molar-refractivity contribution is -0.130. The van der Waals surface area contributed by atoms with Gasteiger partial charge in [0.2, 0.25) is 5.91 Å². The molecule has 1 atom stereocenters. The Bertz CT molecular complexity index is 774. The van der Waals surface area contributed by atoms with Gasteiger partial charge in [-0.2, -0.15) is 0 Å². The van der Waals surface area contributed by atoms with Gasteiger partial charge in [-0.3, -0.25) is 14.2 Å². The van der Waals surface area contributed by atoms with E-state index in [1.165, 1.54) is 10.9 Å². The van der Waals surface area contributed by atoms with Crippen molar-refractivity contribution >= 4 is 32.7 Å². The molecule has 1 aromatic heterocycles. The van der Waals surface area contributed by atoms with Crippen LogP contribution in [0.3, 0.4) is 0 Å². The number of nitrogens with zero attached hydrogens (tertiary/aromatic N) is 3. The van der Waals surface area contributed by atoms with E-state index in [9.17, 15) is 9.59 Å². The summed E-state index contributed by atoms with van der Waals surface area (Å²) in [5.74, 6) is 0.0363. The zero-order valence-electron chi connectivity index (χ0n) is 12.0. The lowest BCUT2D eigenvalue weighted by Crippen LogP contribution is -2.33. The summed E-state index contributed by atoms with van der Waals surface area (Å²) in [4.78, 5) is 30.6. The van der Waals surface area contributed by atoms with Crippen LogP contribution in [0, 0.1) is 0 Å². The van der Waals surface area contributed by atoms with Gasteiger partial charge < -0.3 is 10.6 Å². The van der Waals surface area contributed by atoms with Gasteiger partial charge in [0.25, 0.3) is 5.56 Å². The zero-order valence-corrected chi connectivity index (χ0v) is 13.6. The van der Waals surface area contributed by atoms with Crippen LogP contribution in [0.15, 0.2) is 33.8 Å². The Hall–Kier alpha value is -1.73. The van der Waals surface area contributed by atoms with E-state index < -0.39 is 0 Å². The van der Waals surface area contributed by atoms with Crippen LogP contribution in [0.4, 0.5) is 0 Å². The van der Waals surface area contributed by atoms with Crippen molar-refractivity contribution in [3.63, 3.8) is 0 Å². The highest BCUT2D eigenvalue weighted by molar-refractivity contribution is 9.10. The molecule has 1 fully saturated rings. The average Bonchev–Trinajstić information content (AvgIpc) is 2.93. The van der Waals surface area contributed by atoms with Gasteiger partial charge in [0.05, 0.1) is 17.2 Å². The van der Waals surface area contributed by atoms with E-state index in [4.69, 9.17) is 5.73 Å². The average molecular weight is 365 g/mol. The number of fused-ring (bicyclic) bond motifs is 1. The maximum absolute atomic E-state index is 12.4. The SMILES string of the molecule is N[C@@H]1CCN(C(=O)CCn2cnc3ccc(Br)cc3c2=O)C1. The Labute approximate surface area is 136 Å². The molecule has 1 aliphatic rings. The second-order valence-electron chi connectivity index (χ2n) is 5.54. The Morgan fingerprint density at radius 2 is 2.27 bits per heavy atom. The van der Waals surface area contributed by atoms with Crippen LogP contribution >= 0.6 is 15.9 Å². The van der Waals surface area contributed by atoms with Gasteiger partial charge in [0, 0.05) is 36.6 Å². The van der Waals surface area contributed by atoms with E-state index in [-0.39, 0.29) is 23.9 Å². The number of rotatable bonds is 3. The Morgan fingerprint density at radius 1 is 1.45 bits per heavy atom. The molecule has 22 heavy (non-hydrogen) atoms. The Balaban J connectivity index is 1.75. The Morgan fingerprint density at radius 3 is 3.00 bits per heavy atom. The highest BCUT2D eigenvalue weighted by Crippen LogP contribution is 2.15. The normalized spacial score (nSPS) is 18.1. The van der Waals surface area contributed by atoms with Crippen molar-refractivity contribution in [3.8, 4) is 0 Å². The van der Waals surface area contributed by atoms with Gasteiger partial charge in [-0.1, -0.05) is 15.9 Å². The van der Waals surface area contributed by atoms with Crippen LogP contribution in [-0.4, -0.2) is 39.5 Å². The molecule has 1 aliphatic heterocycles. The minimum atomic E-state index is -0.128. The molecule has 0 spiro atoms. The predicted octanol–water partition coefficient (Wildman–Crippen LogP) is 1.11. The number of halogens is 1. The van der Waals surface area contributed by atoms with Crippen molar-refractivity contribution in [3.05, 3.63) is 39.4 Å². The topological polar surface area (TPSA) is 81.2 Å². The van der Waals surface area contributed by atoms with Gasteiger partial charge in [0.15, 0.2) is 0 Å². The number of hydrogen-bond donors (Lipinski definition) is 1. The van der Waals surface area contributed by atoms with E-state index >= 15 is 0 Å². The number of carbonyl (C=O) groups is 1. The monoisotopic (exact) mass is 364 g/mol. The van der Waals surface area contributed by atoms with Gasteiger partial charge in [0.1, 0.15) is 0 Å². The van der Waals surface area contributed by atoms with Gasteiger partial charge in [-0.15, -0.1) is 0 Å². The molecule has 0 bridgehead atoms. The van der Waals surface area contributed by atoms with Crippen LogP contribution in [0.1, 0.15) is 12.8 Å². The number of hydrogen-bond acceptors (Lipinski definition) is 4. The molecule has 1 aromatic carbocycles. The third-order valence-corrected chi connectivity index (χ3v) is 4.42. The first-order chi connectivity index (χ1) is 10.5. The number of nitrogens with two attached hydrogens (primary N) is 1. The van der Waals surface area contributed by atoms with E-state index in [2.05, 4.69) is 20.9 Å². The smallest absolute Gasteiger partial charge is 0.261 e. The number of amides is 1. The first-order valence-electron chi connectivity index (χ1n) is 7.22. The van der Waals surface area contributed by atoms with Crippen LogP contribution in [-0.2, 0) is 11.3 Å². The van der Waals surface area contributed by atoms with Crippen molar-refractivity contribution in [2.75, 3.05) is 13.1 Å². The quantitative estimate of drug-likeness (QED) is 0.884. The standard InChI is InChI=1S/C15H17BrN4O2/c16-10-1-2-13-12(7-10)15(22)20(9-18-13)6-4-14(21)19-5-3-11(17)8-19/h1-2,7,9,11H,3-6,8,17H2/t11-/m1/s1. The lowest BCUT2D eigenvalue weighted by atomic mass is 10.2. The summed E-state index contributed by atoms with van der Waals surface area (Å²) in [5.41, 5.74) is 6.33. The third kappa shape index (κ3) is 3.05. The number of aryl methyl sites for hydroxylation is 1. The zero-order chi connectivity index (χ0) is 15.7. The van der Waals surface area contributed by atoms with Crippen molar-refractivity contribution in [1.82, 2.24) is 14.5 Å². The van der Waals surface area contributed by atoms with Crippen molar-refractivity contribution in [2.24, 2.45) is 5.73 Å². The molecule has 2 heterocycles. The molecule has 0 unspecified atom stereocenters. The maximum atomic E-state index is 12.4. The van der Waals surface area contributed by atoms with Crippen LogP contribution < -0.4 is 11.3 Å². The molecule has 2 N–H and O–H groups in total. The summed E-state index contributed by atoms with van der Waals surface area (Å²) in [7, 11) is 0. The molecule has 6 nitrogen and oxygen atoms in total. The largest absolute Gasteiger partial charge is 0.341 e. The predicted molar refractivity (Wildman–Crippen MR) is 87.5 cm³/mol. The molecule has 2 aromatic rings. The fraction of sp³-hybridized carbons (Fsp3) is 0.400. The van der Waals surface area contributed by atoms with Crippen molar-refractivity contribution < 1.29 is 4.79 Å². The molecule has 0 radical (unpaired) electrons. The van der Waals surface area contributed by atoms with Crippen LogP contribution in [0.25, 0.3) is 10.9 Å². The van der Waals surface area contributed by atoms with E-state index in [0.717, 1.165) is 10.9 Å². The number of likely N-dealkylation sites (tertiary alicyclic amines) is 1. The fourth-order valence-corrected chi connectivity index (χ4v) is 3.04. The second-order valence-corrected chi connectivity index (χ2v) is 6.46. The van der Waals surface area contributed by atoms with Crippen molar-refractivity contribution in [2.45, 2.75) is 25.4 Å². The number of carbonyl (C=O) groups excluding carboxylic acids is 1. The van der Waals surface area contributed by atoms with E-state index in [0.29, 0.717) is 30.5 Å². The molecule has 0 aliphatic carbocycles. The van der Waals surface area contributed by atoms with Gasteiger partial charge in [-0.25, -0.2) is 4.98 Å². The maximum Gasteiger partial charge on any atom is 0.261 e. The first-order valence-corrected chi connectivity index (χ1v) is 8.02. The van der Waals surface area contributed by atoms with Crippen LogP contribution in [0.5, 0.6) is 0 Å². The molecular weight excluding hydrogens is 348 g/mol. The van der Waals surface area contributed by atoms with Gasteiger partial charge >= 0.3 is 0 Å². The summed E-state index contributed by atoms with van der Waals surface area (Å²) in [6.07, 6.45) is 2.63. The summed E-state index contributed by atoms with van der Waals surface area (Å²) < 4.78 is 2.32. The highest BCUT2D eigenvalue weighted by Gasteiger charge is 2.23. The van der Waals surface area contributed by atoms with Crippen LogP contribution in [0.2, 0.25) is 0 Å². The molecule has 0 saturated carbocycles. The third-order valence-electron chi connectivity index (χ3n) is 3.93. The molecule has 1 amide bonds. The molecule has 116 valence electrons. The Kier molecular flexibility index (Phi) is 4.26. The second kappa shape index (κ2) is 6.18. The first kappa shape index (κ1) is 15.2. The fourth-order valence-electron chi connectivity index (χ4n) is 2.68. The summed E-state index contributed by atoms with van der Waals surface area (Å²) >= 11 is 3.36. The highest BCUT2D eigenvalue weighted by atomic mass is 79.9. The molecule has 1 saturated heterocycles. The minimum absolute atomic E-state index is 0.0363. The van der Waals surface area contributed by atoms with E-state index in [1.807, 2.05) is 6.07 Å². The summed E-state index contributed by atoms with van der Waals surface area (Å²) in [6.45, 7) is 1.65.